The first-order valence-corrected chi connectivity index (χ1v) is 6.44. The van der Waals surface area contributed by atoms with Crippen molar-refractivity contribution in [3.8, 4) is 0 Å². The highest BCUT2D eigenvalue weighted by Crippen LogP contribution is 2.26. The molecule has 5 nitrogen and oxygen atoms in total. The monoisotopic (exact) mass is 270 g/mol. The number of nitrogens with zero attached hydrogens (tertiary/aromatic N) is 3. The zero-order chi connectivity index (χ0) is 14.5. The van der Waals surface area contributed by atoms with E-state index in [2.05, 4.69) is 41.0 Å². The number of rotatable bonds is 4. The Morgan fingerprint density at radius 2 is 2.10 bits per heavy atom. The molecule has 0 amide bonds. The minimum absolute atomic E-state index is 0.0782. The van der Waals surface area contributed by atoms with Gasteiger partial charge >= 0.3 is 0 Å². The number of aromatic nitrogens is 1. The maximum absolute atomic E-state index is 8.76. The van der Waals surface area contributed by atoms with Crippen molar-refractivity contribution in [3.63, 3.8) is 0 Å². The zero-order valence-corrected chi connectivity index (χ0v) is 11.6. The first kappa shape index (κ1) is 13.9. The SMILES string of the molecule is CCN(c1cc(/C(N)=N/O)ccn1)c1ccccc1C. The summed E-state index contributed by atoms with van der Waals surface area (Å²) in [7, 11) is 0. The van der Waals surface area contributed by atoms with Crippen LogP contribution in [0.2, 0.25) is 0 Å². The zero-order valence-electron chi connectivity index (χ0n) is 11.6. The topological polar surface area (TPSA) is 74.7 Å². The van der Waals surface area contributed by atoms with Crippen LogP contribution in [0.25, 0.3) is 0 Å². The lowest BCUT2D eigenvalue weighted by atomic mass is 10.1. The third-order valence-corrected chi connectivity index (χ3v) is 3.15. The molecule has 3 N–H and O–H groups in total. The maximum atomic E-state index is 8.76. The van der Waals surface area contributed by atoms with E-state index in [0.29, 0.717) is 5.56 Å². The highest BCUT2D eigenvalue weighted by molar-refractivity contribution is 5.97. The number of hydrogen-bond donors (Lipinski definition) is 2. The minimum Gasteiger partial charge on any atom is -0.409 e. The van der Waals surface area contributed by atoms with Gasteiger partial charge in [-0.2, -0.15) is 0 Å². The number of oxime groups is 1. The van der Waals surface area contributed by atoms with Crippen molar-refractivity contribution < 1.29 is 5.21 Å². The van der Waals surface area contributed by atoms with E-state index in [1.807, 2.05) is 18.2 Å². The number of hydrogen-bond acceptors (Lipinski definition) is 4. The van der Waals surface area contributed by atoms with Gasteiger partial charge in [-0.15, -0.1) is 0 Å². The summed E-state index contributed by atoms with van der Waals surface area (Å²) in [6.45, 7) is 4.90. The van der Waals surface area contributed by atoms with E-state index in [1.165, 1.54) is 5.56 Å². The lowest BCUT2D eigenvalue weighted by Crippen LogP contribution is -2.20. The molecule has 0 spiro atoms. The summed E-state index contributed by atoms with van der Waals surface area (Å²) in [6.07, 6.45) is 1.66. The Labute approximate surface area is 118 Å². The Balaban J connectivity index is 2.45. The Hall–Kier alpha value is -2.56. The predicted molar refractivity (Wildman–Crippen MR) is 80.6 cm³/mol. The van der Waals surface area contributed by atoms with Crippen LogP contribution < -0.4 is 10.6 Å². The van der Waals surface area contributed by atoms with Crippen molar-refractivity contribution in [1.29, 1.82) is 0 Å². The average Bonchev–Trinajstić information content (AvgIpc) is 2.49. The third-order valence-electron chi connectivity index (χ3n) is 3.15. The lowest BCUT2D eigenvalue weighted by Gasteiger charge is -2.24. The van der Waals surface area contributed by atoms with Crippen LogP contribution in [0.1, 0.15) is 18.1 Å². The van der Waals surface area contributed by atoms with Gasteiger partial charge in [-0.25, -0.2) is 4.98 Å². The fourth-order valence-corrected chi connectivity index (χ4v) is 2.11. The van der Waals surface area contributed by atoms with Crippen molar-refractivity contribution in [2.45, 2.75) is 13.8 Å². The van der Waals surface area contributed by atoms with Crippen molar-refractivity contribution >= 4 is 17.3 Å². The molecule has 0 unspecified atom stereocenters. The van der Waals surface area contributed by atoms with Gasteiger partial charge in [0.2, 0.25) is 0 Å². The van der Waals surface area contributed by atoms with E-state index >= 15 is 0 Å². The van der Waals surface area contributed by atoms with E-state index in [-0.39, 0.29) is 5.84 Å². The van der Waals surface area contributed by atoms with Crippen molar-refractivity contribution in [2.75, 3.05) is 11.4 Å². The van der Waals surface area contributed by atoms with E-state index in [0.717, 1.165) is 18.1 Å². The highest BCUT2D eigenvalue weighted by Gasteiger charge is 2.12. The number of para-hydroxylation sites is 1. The van der Waals surface area contributed by atoms with Crippen LogP contribution in [0, 0.1) is 6.92 Å². The van der Waals surface area contributed by atoms with Crippen LogP contribution >= 0.6 is 0 Å². The van der Waals surface area contributed by atoms with E-state index in [1.54, 1.807) is 12.3 Å². The van der Waals surface area contributed by atoms with Crippen LogP contribution in [0.3, 0.4) is 0 Å². The first-order chi connectivity index (χ1) is 9.67. The van der Waals surface area contributed by atoms with Gasteiger partial charge in [0.15, 0.2) is 5.84 Å². The van der Waals surface area contributed by atoms with Gasteiger partial charge in [-0.3, -0.25) is 0 Å². The standard InChI is InChI=1S/C15H18N4O/c1-3-19(13-7-5-4-6-11(13)2)14-10-12(8-9-17-14)15(16)18-20/h4-10,20H,3H2,1-2H3,(H2,16,18). The molecule has 0 saturated heterocycles. The van der Waals surface area contributed by atoms with Gasteiger partial charge in [-0.1, -0.05) is 23.4 Å². The molecule has 1 heterocycles. The van der Waals surface area contributed by atoms with Crippen LogP contribution in [0.4, 0.5) is 11.5 Å². The molecule has 0 radical (unpaired) electrons. The molecule has 0 aliphatic heterocycles. The molecule has 0 bridgehead atoms. The van der Waals surface area contributed by atoms with Gasteiger partial charge in [0.05, 0.1) is 0 Å². The molecule has 0 aliphatic carbocycles. The summed E-state index contributed by atoms with van der Waals surface area (Å²) < 4.78 is 0. The second kappa shape index (κ2) is 6.06. The van der Waals surface area contributed by atoms with E-state index < -0.39 is 0 Å². The minimum atomic E-state index is 0.0782. The van der Waals surface area contributed by atoms with Gasteiger partial charge in [0, 0.05) is 24.0 Å². The molecule has 0 saturated carbocycles. The van der Waals surface area contributed by atoms with Crippen LogP contribution in [-0.2, 0) is 0 Å². The molecule has 0 atom stereocenters. The van der Waals surface area contributed by atoms with E-state index in [9.17, 15) is 0 Å². The summed E-state index contributed by atoms with van der Waals surface area (Å²) in [5.74, 6) is 0.848. The van der Waals surface area contributed by atoms with Crippen molar-refractivity contribution in [2.24, 2.45) is 10.9 Å². The van der Waals surface area contributed by atoms with Crippen LogP contribution in [-0.4, -0.2) is 22.6 Å². The summed E-state index contributed by atoms with van der Waals surface area (Å²) in [6, 6.07) is 11.6. The Morgan fingerprint density at radius 1 is 1.35 bits per heavy atom. The average molecular weight is 270 g/mol. The molecular weight excluding hydrogens is 252 g/mol. The number of amidine groups is 1. The summed E-state index contributed by atoms with van der Waals surface area (Å²) in [5, 5.41) is 11.8. The molecule has 2 rings (SSSR count). The number of aryl methyl sites for hydroxylation is 1. The highest BCUT2D eigenvalue weighted by atomic mass is 16.4. The number of anilines is 2. The van der Waals surface area contributed by atoms with Crippen LogP contribution in [0.5, 0.6) is 0 Å². The number of benzene rings is 1. The lowest BCUT2D eigenvalue weighted by molar-refractivity contribution is 0.318. The third kappa shape index (κ3) is 2.71. The second-order valence-electron chi connectivity index (χ2n) is 4.42. The number of pyridine rings is 1. The smallest absolute Gasteiger partial charge is 0.170 e. The van der Waals surface area contributed by atoms with Gasteiger partial charge in [0.1, 0.15) is 5.82 Å². The number of nitrogens with two attached hydrogens (primary N) is 1. The second-order valence-corrected chi connectivity index (χ2v) is 4.42. The molecule has 0 fully saturated rings. The summed E-state index contributed by atoms with van der Waals surface area (Å²) in [4.78, 5) is 6.47. The van der Waals surface area contributed by atoms with Crippen molar-refractivity contribution in [3.05, 3.63) is 53.7 Å². The Kier molecular flexibility index (Phi) is 4.20. The first-order valence-electron chi connectivity index (χ1n) is 6.44. The molecule has 0 aliphatic rings. The summed E-state index contributed by atoms with van der Waals surface area (Å²) in [5.41, 5.74) is 8.54. The largest absolute Gasteiger partial charge is 0.409 e. The molecule has 20 heavy (non-hydrogen) atoms. The normalized spacial score (nSPS) is 11.4. The Morgan fingerprint density at radius 3 is 2.75 bits per heavy atom. The fourth-order valence-electron chi connectivity index (χ4n) is 2.11. The molecule has 2 aromatic rings. The van der Waals surface area contributed by atoms with Gasteiger partial charge in [-0.05, 0) is 37.6 Å². The molecule has 104 valence electrons. The summed E-state index contributed by atoms with van der Waals surface area (Å²) >= 11 is 0. The van der Waals surface area contributed by atoms with Gasteiger partial charge < -0.3 is 15.8 Å². The fraction of sp³-hybridized carbons (Fsp3) is 0.200. The quantitative estimate of drug-likeness (QED) is 0.387. The molecule has 1 aromatic heterocycles. The molecule has 5 heteroatoms. The van der Waals surface area contributed by atoms with Crippen molar-refractivity contribution in [1.82, 2.24) is 4.98 Å². The van der Waals surface area contributed by atoms with Crippen LogP contribution in [0.15, 0.2) is 47.8 Å². The maximum Gasteiger partial charge on any atom is 0.170 e. The Bertz CT molecular complexity index is 625. The van der Waals surface area contributed by atoms with Gasteiger partial charge in [0.25, 0.3) is 0 Å². The van der Waals surface area contributed by atoms with E-state index in [4.69, 9.17) is 10.9 Å². The molecule has 1 aromatic carbocycles. The predicted octanol–water partition coefficient (Wildman–Crippen LogP) is 2.64. The molecular formula is C15H18N4O.